The third-order valence-electron chi connectivity index (χ3n) is 6.77. The number of nitrogens with one attached hydrogen (secondary N) is 2. The zero-order valence-corrected chi connectivity index (χ0v) is 20.9. The summed E-state index contributed by atoms with van der Waals surface area (Å²) in [6, 6.07) is 22.2. The lowest BCUT2D eigenvalue weighted by molar-refractivity contribution is -0.383. The number of aromatic nitrogens is 2. The van der Waals surface area contributed by atoms with Gasteiger partial charge in [0.2, 0.25) is 0 Å². The largest absolute Gasteiger partial charge is 0.380 e. The molecule has 0 saturated carbocycles. The highest BCUT2D eigenvalue weighted by atomic mass is 16.6. The summed E-state index contributed by atoms with van der Waals surface area (Å²) in [6.45, 7) is 7.95. The van der Waals surface area contributed by atoms with Crippen LogP contribution in [0.5, 0.6) is 0 Å². The minimum atomic E-state index is -0.374. The van der Waals surface area contributed by atoms with E-state index in [0.29, 0.717) is 35.5 Å². The van der Waals surface area contributed by atoms with Gasteiger partial charge in [-0.3, -0.25) is 15.0 Å². The summed E-state index contributed by atoms with van der Waals surface area (Å²) >= 11 is 0. The second-order valence-electron chi connectivity index (χ2n) is 9.12. The molecule has 1 aliphatic rings. The lowest BCUT2D eigenvalue weighted by atomic mass is 10.1. The number of hydrogen-bond acceptors (Lipinski definition) is 8. The Morgan fingerprint density at radius 2 is 1.65 bits per heavy atom. The third kappa shape index (κ3) is 5.62. The van der Waals surface area contributed by atoms with Crippen LogP contribution in [-0.2, 0) is 13.1 Å². The van der Waals surface area contributed by atoms with Gasteiger partial charge in [0.05, 0.1) is 10.4 Å². The minimum absolute atomic E-state index is 0.0160. The van der Waals surface area contributed by atoms with E-state index in [4.69, 9.17) is 0 Å². The maximum Gasteiger partial charge on any atom is 0.293 e. The van der Waals surface area contributed by atoms with Gasteiger partial charge in [-0.25, -0.2) is 9.97 Å². The van der Waals surface area contributed by atoms with Crippen molar-refractivity contribution in [3.05, 3.63) is 94.3 Å². The summed E-state index contributed by atoms with van der Waals surface area (Å²) in [4.78, 5) is 25.0. The Labute approximate surface area is 216 Å². The van der Waals surface area contributed by atoms with Crippen LogP contribution in [0.15, 0.2) is 73.1 Å². The van der Waals surface area contributed by atoms with E-state index in [1.807, 2.05) is 13.0 Å². The molecule has 0 aliphatic carbocycles. The van der Waals surface area contributed by atoms with Crippen LogP contribution in [0.4, 0.5) is 22.9 Å². The van der Waals surface area contributed by atoms with Crippen LogP contribution < -0.4 is 15.5 Å². The molecule has 1 aromatic heterocycles. The van der Waals surface area contributed by atoms with Crippen molar-refractivity contribution in [3.63, 3.8) is 0 Å². The highest BCUT2D eigenvalue weighted by molar-refractivity contribution is 5.94. The van der Waals surface area contributed by atoms with Gasteiger partial charge < -0.3 is 15.5 Å². The molecule has 1 fully saturated rings. The van der Waals surface area contributed by atoms with Gasteiger partial charge in [-0.05, 0) is 36.2 Å². The molecule has 9 heteroatoms. The zero-order chi connectivity index (χ0) is 25.6. The molecule has 2 heterocycles. The summed E-state index contributed by atoms with van der Waals surface area (Å²) in [5.74, 6) is 0.586. The topological polar surface area (TPSA) is 99.5 Å². The van der Waals surface area contributed by atoms with E-state index in [2.05, 4.69) is 78.9 Å². The van der Waals surface area contributed by atoms with Crippen LogP contribution in [0.1, 0.15) is 18.1 Å². The average molecular weight is 498 g/mol. The molecule has 9 nitrogen and oxygen atoms in total. The first-order valence-corrected chi connectivity index (χ1v) is 12.6. The van der Waals surface area contributed by atoms with Crippen molar-refractivity contribution in [1.29, 1.82) is 0 Å². The van der Waals surface area contributed by atoms with E-state index in [1.54, 1.807) is 12.1 Å². The monoisotopic (exact) mass is 497 g/mol. The summed E-state index contributed by atoms with van der Waals surface area (Å²) in [7, 11) is 0. The molecular weight excluding hydrogens is 466 g/mol. The summed E-state index contributed by atoms with van der Waals surface area (Å²) in [5.41, 5.74) is 4.86. The van der Waals surface area contributed by atoms with Gasteiger partial charge >= 0.3 is 0 Å². The number of rotatable bonds is 9. The van der Waals surface area contributed by atoms with E-state index in [1.165, 1.54) is 23.1 Å². The molecule has 1 aliphatic heterocycles. The number of nitro groups is 1. The molecule has 0 amide bonds. The number of para-hydroxylation sites is 1. The van der Waals surface area contributed by atoms with E-state index in [9.17, 15) is 10.1 Å². The molecule has 5 rings (SSSR count). The standard InChI is InChI=1S/C28H31N7O2/c1-2-29-26-17-25-24(16-27(26)35(36)37)28(32-20-31-25)30-18-21-8-6-7-9-22(21)19-33-12-14-34(15-13-33)23-10-4-3-5-11-23/h3-11,16-17,20,29H,2,12-15,18-19H2,1H3,(H,30,31,32). The quantitative estimate of drug-likeness (QED) is 0.249. The van der Waals surface area contributed by atoms with Crippen molar-refractivity contribution in [1.82, 2.24) is 14.9 Å². The molecule has 0 spiro atoms. The summed E-state index contributed by atoms with van der Waals surface area (Å²) in [6.07, 6.45) is 1.49. The first kappa shape index (κ1) is 24.5. The second kappa shape index (κ2) is 11.2. The van der Waals surface area contributed by atoms with E-state index in [-0.39, 0.29) is 10.6 Å². The zero-order valence-electron chi connectivity index (χ0n) is 20.9. The van der Waals surface area contributed by atoms with Crippen LogP contribution in [0, 0.1) is 10.1 Å². The Hall–Kier alpha value is -4.24. The highest BCUT2D eigenvalue weighted by Gasteiger charge is 2.19. The smallest absolute Gasteiger partial charge is 0.293 e. The molecule has 37 heavy (non-hydrogen) atoms. The number of nitro benzene ring substituents is 1. The Balaban J connectivity index is 1.29. The predicted molar refractivity (Wildman–Crippen MR) is 148 cm³/mol. The Morgan fingerprint density at radius 3 is 2.38 bits per heavy atom. The summed E-state index contributed by atoms with van der Waals surface area (Å²) < 4.78 is 0. The van der Waals surface area contributed by atoms with Crippen LogP contribution in [0.2, 0.25) is 0 Å². The fourth-order valence-corrected chi connectivity index (χ4v) is 4.82. The SMILES string of the molecule is CCNc1cc2ncnc(NCc3ccccc3CN3CCN(c4ccccc4)CC3)c2cc1[N+](=O)[O-]. The van der Waals surface area contributed by atoms with Gasteiger partial charge in [-0.15, -0.1) is 0 Å². The normalized spacial score (nSPS) is 14.0. The fraction of sp³-hybridized carbons (Fsp3) is 0.286. The average Bonchev–Trinajstić information content (AvgIpc) is 2.93. The molecule has 4 aromatic rings. The lowest BCUT2D eigenvalue weighted by Gasteiger charge is -2.36. The maximum absolute atomic E-state index is 11.7. The van der Waals surface area contributed by atoms with Crippen LogP contribution >= 0.6 is 0 Å². The molecule has 0 bridgehead atoms. The first-order valence-electron chi connectivity index (χ1n) is 12.6. The van der Waals surface area contributed by atoms with Crippen LogP contribution in [0.25, 0.3) is 10.9 Å². The molecular formula is C28H31N7O2. The molecule has 0 atom stereocenters. The van der Waals surface area contributed by atoms with Gasteiger partial charge in [-0.2, -0.15) is 0 Å². The maximum atomic E-state index is 11.7. The summed E-state index contributed by atoms with van der Waals surface area (Å²) in [5, 5.41) is 18.8. The van der Waals surface area contributed by atoms with Crippen molar-refractivity contribution in [3.8, 4) is 0 Å². The van der Waals surface area contributed by atoms with E-state index < -0.39 is 0 Å². The Morgan fingerprint density at radius 1 is 0.919 bits per heavy atom. The molecule has 3 aromatic carbocycles. The minimum Gasteiger partial charge on any atom is -0.380 e. The van der Waals surface area contributed by atoms with Crippen molar-refractivity contribution in [2.24, 2.45) is 0 Å². The van der Waals surface area contributed by atoms with E-state index >= 15 is 0 Å². The number of fused-ring (bicyclic) bond motifs is 1. The van der Waals surface area contributed by atoms with Crippen LogP contribution in [-0.4, -0.2) is 52.5 Å². The Bertz CT molecular complexity index is 1370. The van der Waals surface area contributed by atoms with Gasteiger partial charge in [0, 0.05) is 63.0 Å². The van der Waals surface area contributed by atoms with Crippen molar-refractivity contribution in [2.75, 3.05) is 48.3 Å². The number of nitrogens with zero attached hydrogens (tertiary/aromatic N) is 5. The van der Waals surface area contributed by atoms with E-state index in [0.717, 1.165) is 32.7 Å². The van der Waals surface area contributed by atoms with Crippen molar-refractivity contribution >= 4 is 33.8 Å². The van der Waals surface area contributed by atoms with Crippen molar-refractivity contribution < 1.29 is 4.92 Å². The molecule has 0 radical (unpaired) electrons. The third-order valence-corrected chi connectivity index (χ3v) is 6.77. The molecule has 0 unspecified atom stereocenters. The van der Waals surface area contributed by atoms with Gasteiger partial charge in [0.1, 0.15) is 17.8 Å². The van der Waals surface area contributed by atoms with Gasteiger partial charge in [-0.1, -0.05) is 42.5 Å². The van der Waals surface area contributed by atoms with Gasteiger partial charge in [0.25, 0.3) is 5.69 Å². The lowest BCUT2D eigenvalue weighted by Crippen LogP contribution is -2.46. The molecule has 2 N–H and O–H groups in total. The number of hydrogen-bond donors (Lipinski definition) is 2. The second-order valence-corrected chi connectivity index (χ2v) is 9.12. The molecule has 190 valence electrons. The van der Waals surface area contributed by atoms with Crippen LogP contribution in [0.3, 0.4) is 0 Å². The first-order chi connectivity index (χ1) is 18.1. The fourth-order valence-electron chi connectivity index (χ4n) is 4.82. The predicted octanol–water partition coefficient (Wildman–Crippen LogP) is 4.90. The number of piperazine rings is 1. The van der Waals surface area contributed by atoms with Crippen molar-refractivity contribution in [2.45, 2.75) is 20.0 Å². The number of anilines is 3. The molecule has 1 saturated heterocycles. The van der Waals surface area contributed by atoms with Gasteiger partial charge in [0.15, 0.2) is 0 Å². The number of benzene rings is 3. The highest BCUT2D eigenvalue weighted by Crippen LogP contribution is 2.32. The Kier molecular flexibility index (Phi) is 7.41.